The summed E-state index contributed by atoms with van der Waals surface area (Å²) in [6.45, 7) is 1.86. The molecule has 5 rings (SSSR count). The second kappa shape index (κ2) is 6.55. The number of H-pyrrole nitrogens is 1. The maximum atomic E-state index is 4.39. The van der Waals surface area contributed by atoms with Gasteiger partial charge in [0.15, 0.2) is 0 Å². The van der Waals surface area contributed by atoms with Crippen molar-refractivity contribution in [3.05, 3.63) is 60.2 Å². The van der Waals surface area contributed by atoms with Crippen LogP contribution in [0, 0.1) is 0 Å². The number of aryl methyl sites for hydroxylation is 1. The molecule has 4 aromatic rings. The number of hydrogen-bond acceptors (Lipinski definition) is 6. The molecule has 0 saturated heterocycles. The van der Waals surface area contributed by atoms with E-state index < -0.39 is 0 Å². The van der Waals surface area contributed by atoms with Crippen molar-refractivity contribution in [3.63, 3.8) is 0 Å². The lowest BCUT2D eigenvalue weighted by Crippen LogP contribution is -2.30. The summed E-state index contributed by atoms with van der Waals surface area (Å²) < 4.78 is 2.20. The molecule has 2 N–H and O–H groups in total. The Balaban J connectivity index is 1.29. The molecule has 1 aliphatic rings. The van der Waals surface area contributed by atoms with Gasteiger partial charge in [0.2, 0.25) is 10.3 Å². The van der Waals surface area contributed by atoms with Crippen LogP contribution in [0.3, 0.4) is 0 Å². The maximum absolute atomic E-state index is 4.39. The van der Waals surface area contributed by atoms with Gasteiger partial charge in [-0.2, -0.15) is 5.10 Å². The number of aromatic nitrogens is 5. The topological polar surface area (TPSA) is 74.7 Å². The van der Waals surface area contributed by atoms with Crippen molar-refractivity contribution in [1.82, 2.24) is 25.0 Å². The summed E-state index contributed by atoms with van der Waals surface area (Å²) in [4.78, 5) is 2.30. The number of fused-ring (bicyclic) bond motifs is 1. The van der Waals surface area contributed by atoms with E-state index >= 15 is 0 Å². The minimum absolute atomic E-state index is 0.804. The maximum Gasteiger partial charge on any atom is 0.211 e. The van der Waals surface area contributed by atoms with Gasteiger partial charge >= 0.3 is 0 Å². The van der Waals surface area contributed by atoms with Crippen LogP contribution in [0.4, 0.5) is 16.0 Å². The van der Waals surface area contributed by atoms with Gasteiger partial charge in [-0.3, -0.25) is 5.10 Å². The number of anilines is 3. The zero-order valence-corrected chi connectivity index (χ0v) is 15.7. The first kappa shape index (κ1) is 16.1. The second-order valence-corrected chi connectivity index (χ2v) is 7.61. The molecule has 27 heavy (non-hydrogen) atoms. The van der Waals surface area contributed by atoms with E-state index in [2.05, 4.69) is 66.6 Å². The van der Waals surface area contributed by atoms with Crippen molar-refractivity contribution in [2.45, 2.75) is 13.0 Å². The summed E-state index contributed by atoms with van der Waals surface area (Å²) in [6.07, 6.45) is 6.88. The van der Waals surface area contributed by atoms with Crippen LogP contribution in [0.15, 0.2) is 48.9 Å². The average Bonchev–Trinajstić information content (AvgIpc) is 3.44. The first-order valence-corrected chi connectivity index (χ1v) is 9.66. The molecule has 0 radical (unpaired) electrons. The molecule has 0 amide bonds. The highest BCUT2D eigenvalue weighted by molar-refractivity contribution is 7.19. The summed E-state index contributed by atoms with van der Waals surface area (Å²) in [5.74, 6) is 0. The highest BCUT2D eigenvalue weighted by atomic mass is 32.1. The predicted octanol–water partition coefficient (Wildman–Crippen LogP) is 3.57. The first-order valence-electron chi connectivity index (χ1n) is 8.84. The normalized spacial score (nSPS) is 13.6. The van der Waals surface area contributed by atoms with E-state index in [0.29, 0.717) is 0 Å². The van der Waals surface area contributed by atoms with E-state index in [9.17, 15) is 0 Å². The lowest BCUT2D eigenvalue weighted by molar-refractivity contribution is 0.678. The summed E-state index contributed by atoms with van der Waals surface area (Å²) in [5.41, 5.74) is 5.99. The molecule has 3 aromatic heterocycles. The van der Waals surface area contributed by atoms with Crippen LogP contribution < -0.4 is 10.2 Å². The number of rotatable bonds is 4. The smallest absolute Gasteiger partial charge is 0.211 e. The van der Waals surface area contributed by atoms with Crippen molar-refractivity contribution in [3.8, 4) is 11.1 Å². The SMILES string of the molecule is Cn1ccc2c1CN(c1nnc(Nc3ccc(-c4cn[nH]c4)cc3)s1)CC2. The van der Waals surface area contributed by atoms with Gasteiger partial charge in [-0.05, 0) is 35.7 Å². The van der Waals surface area contributed by atoms with Gasteiger partial charge in [-0.25, -0.2) is 0 Å². The molecule has 7 nitrogen and oxygen atoms in total. The van der Waals surface area contributed by atoms with E-state index in [1.807, 2.05) is 24.5 Å². The van der Waals surface area contributed by atoms with Gasteiger partial charge in [0.05, 0.1) is 12.7 Å². The Labute approximate surface area is 160 Å². The third-order valence-corrected chi connectivity index (χ3v) is 5.84. The van der Waals surface area contributed by atoms with Gasteiger partial charge < -0.3 is 14.8 Å². The zero-order chi connectivity index (χ0) is 18.2. The van der Waals surface area contributed by atoms with Crippen LogP contribution >= 0.6 is 11.3 Å². The van der Waals surface area contributed by atoms with Crippen molar-refractivity contribution >= 4 is 27.3 Å². The van der Waals surface area contributed by atoms with Gasteiger partial charge in [-0.1, -0.05) is 23.5 Å². The first-order chi connectivity index (χ1) is 13.3. The molecule has 4 heterocycles. The summed E-state index contributed by atoms with van der Waals surface area (Å²) in [7, 11) is 2.10. The highest BCUT2D eigenvalue weighted by Crippen LogP contribution is 2.31. The molecule has 136 valence electrons. The fraction of sp³-hybridized carbons (Fsp3) is 0.211. The number of nitrogens with one attached hydrogen (secondary N) is 2. The van der Waals surface area contributed by atoms with Crippen LogP contribution in [0.2, 0.25) is 0 Å². The van der Waals surface area contributed by atoms with Crippen molar-refractivity contribution in [1.29, 1.82) is 0 Å². The van der Waals surface area contributed by atoms with Crippen LogP contribution in [0.5, 0.6) is 0 Å². The van der Waals surface area contributed by atoms with Crippen LogP contribution in [-0.2, 0) is 20.0 Å². The Morgan fingerprint density at radius 2 is 2.00 bits per heavy atom. The average molecular weight is 377 g/mol. The molecule has 1 aliphatic heterocycles. The van der Waals surface area contributed by atoms with Gasteiger partial charge in [0, 0.05) is 42.9 Å². The molecule has 0 spiro atoms. The fourth-order valence-corrected chi connectivity index (χ4v) is 4.20. The molecule has 0 fully saturated rings. The summed E-state index contributed by atoms with van der Waals surface area (Å²) in [6, 6.07) is 10.4. The largest absolute Gasteiger partial charge is 0.353 e. The van der Waals surface area contributed by atoms with Crippen molar-refractivity contribution in [2.75, 3.05) is 16.8 Å². The van der Waals surface area contributed by atoms with E-state index in [1.165, 1.54) is 11.3 Å². The molecule has 0 saturated carbocycles. The highest BCUT2D eigenvalue weighted by Gasteiger charge is 2.21. The Hall–Kier alpha value is -3.13. The molecular weight excluding hydrogens is 358 g/mol. The Morgan fingerprint density at radius 3 is 2.81 bits per heavy atom. The lowest BCUT2D eigenvalue weighted by Gasteiger charge is -2.26. The van der Waals surface area contributed by atoms with Gasteiger partial charge in [0.25, 0.3) is 0 Å². The summed E-state index contributed by atoms with van der Waals surface area (Å²) in [5, 5.41) is 20.6. The molecule has 1 aromatic carbocycles. The third kappa shape index (κ3) is 3.08. The number of benzene rings is 1. The second-order valence-electron chi connectivity index (χ2n) is 6.65. The zero-order valence-electron chi connectivity index (χ0n) is 14.9. The molecular formula is C19H19N7S. The van der Waals surface area contributed by atoms with Crippen molar-refractivity contribution in [2.24, 2.45) is 7.05 Å². The Morgan fingerprint density at radius 1 is 1.11 bits per heavy atom. The molecule has 0 aliphatic carbocycles. The standard InChI is InChI=1S/C19H19N7S/c1-25-8-6-14-7-9-26(12-17(14)25)19-24-23-18(27-19)22-16-4-2-13(3-5-16)15-10-20-21-11-15/h2-6,8,10-11H,7,9,12H2,1H3,(H,20,21)(H,22,23). The van der Waals surface area contributed by atoms with E-state index in [1.54, 1.807) is 11.3 Å². The Kier molecular flexibility index (Phi) is 3.90. The molecule has 0 bridgehead atoms. The number of nitrogens with zero attached hydrogens (tertiary/aromatic N) is 5. The Bertz CT molecular complexity index is 1050. The van der Waals surface area contributed by atoms with Gasteiger partial charge in [-0.15, -0.1) is 10.2 Å². The van der Waals surface area contributed by atoms with Crippen LogP contribution in [0.1, 0.15) is 11.3 Å². The van der Waals surface area contributed by atoms with Crippen LogP contribution in [0.25, 0.3) is 11.1 Å². The van der Waals surface area contributed by atoms with Crippen LogP contribution in [-0.4, -0.2) is 31.5 Å². The fourth-order valence-electron chi connectivity index (χ4n) is 3.41. The summed E-state index contributed by atoms with van der Waals surface area (Å²) >= 11 is 1.59. The monoisotopic (exact) mass is 377 g/mol. The minimum atomic E-state index is 0.804. The molecule has 0 atom stereocenters. The van der Waals surface area contributed by atoms with E-state index in [0.717, 1.165) is 46.6 Å². The van der Waals surface area contributed by atoms with E-state index in [4.69, 9.17) is 0 Å². The predicted molar refractivity (Wildman–Crippen MR) is 107 cm³/mol. The number of hydrogen-bond donors (Lipinski definition) is 2. The van der Waals surface area contributed by atoms with Crippen molar-refractivity contribution < 1.29 is 0 Å². The third-order valence-electron chi connectivity index (χ3n) is 4.94. The lowest BCUT2D eigenvalue weighted by atomic mass is 10.1. The molecule has 0 unspecified atom stereocenters. The quantitative estimate of drug-likeness (QED) is 0.569. The number of aromatic amines is 1. The molecule has 8 heteroatoms. The van der Waals surface area contributed by atoms with E-state index in [-0.39, 0.29) is 0 Å². The van der Waals surface area contributed by atoms with Gasteiger partial charge in [0.1, 0.15) is 0 Å². The minimum Gasteiger partial charge on any atom is -0.353 e.